The lowest BCUT2D eigenvalue weighted by Crippen LogP contribution is -2.23. The Morgan fingerprint density at radius 3 is 2.55 bits per heavy atom. The number of pyridine rings is 1. The van der Waals surface area contributed by atoms with Crippen LogP contribution in [0.1, 0.15) is 12.8 Å². The molecule has 0 aliphatic rings. The zero-order chi connectivity index (χ0) is 14.9. The second-order valence-corrected chi connectivity index (χ2v) is 4.70. The molecule has 5 nitrogen and oxygen atoms in total. The molecule has 0 aliphatic heterocycles. The molecule has 0 saturated carbocycles. The average molecular weight is 412 g/mol. The highest BCUT2D eigenvalue weighted by atomic mass is 127. The fourth-order valence-corrected chi connectivity index (χ4v) is 1.95. The van der Waals surface area contributed by atoms with E-state index in [0.717, 1.165) is 18.5 Å². The van der Waals surface area contributed by atoms with Gasteiger partial charge in [-0.25, -0.2) is 0 Å². The Labute approximate surface area is 147 Å². The minimum Gasteiger partial charge on any atom is -0.370 e. The van der Waals surface area contributed by atoms with Gasteiger partial charge in [0.1, 0.15) is 0 Å². The van der Waals surface area contributed by atoms with Crippen LogP contribution >= 0.6 is 24.0 Å². The van der Waals surface area contributed by atoms with E-state index in [4.69, 9.17) is 5.73 Å². The molecule has 6 heteroatoms. The maximum Gasteiger partial charge on any atom is 0.250 e. The molecule has 0 amide bonds. The lowest BCUT2D eigenvalue weighted by atomic mass is 10.3. The van der Waals surface area contributed by atoms with E-state index in [1.807, 2.05) is 36.4 Å². The topological polar surface area (TPSA) is 72.4 Å². The Kier molecular flexibility index (Phi) is 8.27. The van der Waals surface area contributed by atoms with Crippen LogP contribution < -0.4 is 16.6 Å². The highest BCUT2D eigenvalue weighted by Crippen LogP contribution is 2.04. The molecule has 2 rings (SSSR count). The van der Waals surface area contributed by atoms with Gasteiger partial charge in [-0.3, -0.25) is 9.79 Å². The quantitative estimate of drug-likeness (QED) is 0.332. The summed E-state index contributed by atoms with van der Waals surface area (Å²) in [6.45, 7) is 1.36. The maximum atomic E-state index is 11.5. The monoisotopic (exact) mass is 412 g/mol. The summed E-state index contributed by atoms with van der Waals surface area (Å²) in [6, 6.07) is 14.9. The third-order valence-electron chi connectivity index (χ3n) is 3.03. The molecule has 0 spiro atoms. The normalized spacial score (nSPS) is 10.8. The van der Waals surface area contributed by atoms with E-state index in [0.29, 0.717) is 19.0 Å². The summed E-state index contributed by atoms with van der Waals surface area (Å²) in [5.41, 5.74) is 6.77. The minimum absolute atomic E-state index is 0. The molecular weight excluding hydrogens is 391 g/mol. The standard InChI is InChI=1S/C16H20N4O.HI/c17-16(19-14-8-2-1-3-9-14)18-11-5-7-13-20-12-6-4-10-15(20)21;/h1-4,6,8-10,12H,5,7,11,13H2,(H3,17,18,19);1H. The number of para-hydroxylation sites is 1. The van der Waals surface area contributed by atoms with E-state index in [2.05, 4.69) is 10.3 Å². The lowest BCUT2D eigenvalue weighted by Gasteiger charge is -2.06. The van der Waals surface area contributed by atoms with Crippen LogP contribution in [-0.4, -0.2) is 17.1 Å². The predicted molar refractivity (Wildman–Crippen MR) is 102 cm³/mol. The van der Waals surface area contributed by atoms with Crippen LogP contribution in [0, 0.1) is 0 Å². The van der Waals surface area contributed by atoms with E-state index in [1.165, 1.54) is 0 Å². The summed E-state index contributed by atoms with van der Waals surface area (Å²) in [6.07, 6.45) is 3.58. The van der Waals surface area contributed by atoms with Crippen molar-refractivity contribution in [2.45, 2.75) is 19.4 Å². The molecule has 118 valence electrons. The summed E-state index contributed by atoms with van der Waals surface area (Å²) in [4.78, 5) is 15.8. The van der Waals surface area contributed by atoms with Crippen molar-refractivity contribution in [3.63, 3.8) is 0 Å². The molecule has 0 fully saturated rings. The van der Waals surface area contributed by atoms with Gasteiger partial charge in [-0.05, 0) is 31.0 Å². The number of aliphatic imine (C=N–C) groups is 1. The summed E-state index contributed by atoms with van der Waals surface area (Å²) >= 11 is 0. The van der Waals surface area contributed by atoms with Gasteiger partial charge in [-0.1, -0.05) is 24.3 Å². The molecule has 1 aromatic carbocycles. The first-order valence-electron chi connectivity index (χ1n) is 7.03. The van der Waals surface area contributed by atoms with Gasteiger partial charge in [0.2, 0.25) is 5.56 Å². The van der Waals surface area contributed by atoms with Gasteiger partial charge in [0.05, 0.1) is 0 Å². The SMILES string of the molecule is I.NC(=NCCCCn1ccccc1=O)Nc1ccccc1. The molecule has 0 radical (unpaired) electrons. The van der Waals surface area contributed by atoms with Crippen molar-refractivity contribution in [1.82, 2.24) is 4.57 Å². The number of nitrogens with one attached hydrogen (secondary N) is 1. The number of aromatic nitrogens is 1. The first kappa shape index (κ1) is 18.2. The Morgan fingerprint density at radius 2 is 1.82 bits per heavy atom. The van der Waals surface area contributed by atoms with E-state index in [1.54, 1.807) is 22.9 Å². The Balaban J connectivity index is 0.00000242. The molecule has 22 heavy (non-hydrogen) atoms. The van der Waals surface area contributed by atoms with Crippen LogP contribution in [0.4, 0.5) is 5.69 Å². The highest BCUT2D eigenvalue weighted by Gasteiger charge is 1.95. The van der Waals surface area contributed by atoms with Gasteiger partial charge in [-0.2, -0.15) is 0 Å². The van der Waals surface area contributed by atoms with Crippen LogP contribution in [0.2, 0.25) is 0 Å². The van der Waals surface area contributed by atoms with Gasteiger partial charge in [-0.15, -0.1) is 24.0 Å². The molecule has 1 heterocycles. The zero-order valence-electron chi connectivity index (χ0n) is 12.3. The van der Waals surface area contributed by atoms with Crippen LogP contribution in [0.3, 0.4) is 0 Å². The first-order chi connectivity index (χ1) is 10.3. The number of hydrogen-bond acceptors (Lipinski definition) is 2. The molecular formula is C16H21IN4O. The van der Waals surface area contributed by atoms with Crippen LogP contribution in [0.25, 0.3) is 0 Å². The maximum absolute atomic E-state index is 11.5. The van der Waals surface area contributed by atoms with Crippen LogP contribution in [0.5, 0.6) is 0 Å². The second kappa shape index (κ2) is 9.99. The van der Waals surface area contributed by atoms with Crippen molar-refractivity contribution >= 4 is 35.6 Å². The van der Waals surface area contributed by atoms with E-state index >= 15 is 0 Å². The largest absolute Gasteiger partial charge is 0.370 e. The van der Waals surface area contributed by atoms with Gasteiger partial charge < -0.3 is 15.6 Å². The zero-order valence-corrected chi connectivity index (χ0v) is 14.6. The summed E-state index contributed by atoms with van der Waals surface area (Å²) in [7, 11) is 0. The van der Waals surface area contributed by atoms with Crippen LogP contribution in [0.15, 0.2) is 64.5 Å². The number of unbranched alkanes of at least 4 members (excludes halogenated alkanes) is 1. The number of benzene rings is 1. The Bertz CT molecular complexity index is 640. The van der Waals surface area contributed by atoms with E-state index in [-0.39, 0.29) is 29.5 Å². The Hall–Kier alpha value is -1.83. The lowest BCUT2D eigenvalue weighted by molar-refractivity contribution is 0.599. The summed E-state index contributed by atoms with van der Waals surface area (Å²) < 4.78 is 1.70. The van der Waals surface area contributed by atoms with E-state index < -0.39 is 0 Å². The molecule has 0 bridgehead atoms. The first-order valence-corrected chi connectivity index (χ1v) is 7.03. The van der Waals surface area contributed by atoms with E-state index in [9.17, 15) is 4.79 Å². The number of rotatable bonds is 6. The van der Waals surface area contributed by atoms with Crippen molar-refractivity contribution in [2.24, 2.45) is 10.7 Å². The van der Waals surface area contributed by atoms with Gasteiger partial charge >= 0.3 is 0 Å². The van der Waals surface area contributed by atoms with Crippen molar-refractivity contribution in [3.05, 3.63) is 65.1 Å². The molecule has 0 saturated heterocycles. The minimum atomic E-state index is 0. The Morgan fingerprint density at radius 1 is 1.09 bits per heavy atom. The molecule has 0 atom stereocenters. The van der Waals surface area contributed by atoms with Crippen molar-refractivity contribution in [2.75, 3.05) is 11.9 Å². The fraction of sp³-hybridized carbons (Fsp3) is 0.250. The number of nitrogens with two attached hydrogens (primary N) is 1. The highest BCUT2D eigenvalue weighted by molar-refractivity contribution is 14.0. The van der Waals surface area contributed by atoms with Gasteiger partial charge in [0.15, 0.2) is 5.96 Å². The van der Waals surface area contributed by atoms with Gasteiger partial charge in [0.25, 0.3) is 0 Å². The number of nitrogens with zero attached hydrogens (tertiary/aromatic N) is 2. The van der Waals surface area contributed by atoms with Crippen molar-refractivity contribution in [3.8, 4) is 0 Å². The van der Waals surface area contributed by atoms with Crippen LogP contribution in [-0.2, 0) is 6.54 Å². The third-order valence-corrected chi connectivity index (χ3v) is 3.03. The average Bonchev–Trinajstić information content (AvgIpc) is 2.50. The van der Waals surface area contributed by atoms with Gasteiger partial charge in [0, 0.05) is 31.0 Å². The molecule has 0 unspecified atom stereocenters. The molecule has 3 N–H and O–H groups in total. The number of guanidine groups is 1. The summed E-state index contributed by atoms with van der Waals surface area (Å²) in [5, 5.41) is 3.03. The number of anilines is 1. The molecule has 2 aromatic rings. The molecule has 0 aliphatic carbocycles. The van der Waals surface area contributed by atoms with Crippen molar-refractivity contribution in [1.29, 1.82) is 0 Å². The predicted octanol–water partition coefficient (Wildman–Crippen LogP) is 2.67. The smallest absolute Gasteiger partial charge is 0.250 e. The third kappa shape index (κ3) is 6.30. The number of hydrogen-bond donors (Lipinski definition) is 2. The summed E-state index contributed by atoms with van der Waals surface area (Å²) in [5.74, 6) is 0.415. The second-order valence-electron chi connectivity index (χ2n) is 4.70. The van der Waals surface area contributed by atoms with Crippen molar-refractivity contribution < 1.29 is 0 Å². The number of halogens is 1. The number of aryl methyl sites for hydroxylation is 1. The molecule has 1 aromatic heterocycles. The fourth-order valence-electron chi connectivity index (χ4n) is 1.95.